The number of rotatable bonds is 9. The van der Waals surface area contributed by atoms with Gasteiger partial charge in [-0.2, -0.15) is 0 Å². The number of Topliss-reactive ketones (excluding diaryl/α,β-unsaturated/α-hetero) is 2. The summed E-state index contributed by atoms with van der Waals surface area (Å²) in [7, 11) is 0. The number of ether oxygens (including phenoxy) is 5. The summed E-state index contributed by atoms with van der Waals surface area (Å²) >= 11 is 0. The van der Waals surface area contributed by atoms with Crippen LogP contribution in [0.1, 0.15) is 76.8 Å². The van der Waals surface area contributed by atoms with Crippen molar-refractivity contribution < 1.29 is 42.6 Å². The third-order valence-corrected chi connectivity index (χ3v) is 10.9. The number of aromatic nitrogens is 1. The summed E-state index contributed by atoms with van der Waals surface area (Å²) in [5.74, 6) is 0.371. The first-order valence-corrected chi connectivity index (χ1v) is 18.2. The average Bonchev–Trinajstić information content (AvgIpc) is 3.73. The van der Waals surface area contributed by atoms with Crippen LogP contribution in [-0.4, -0.2) is 58.7 Å². The highest BCUT2D eigenvalue weighted by Crippen LogP contribution is 2.64. The number of epoxide rings is 1. The molecule has 0 radical (unpaired) electrons. The molecule has 9 rings (SSSR count). The number of allylic oxidation sites excluding steroid dienone is 1. The highest BCUT2D eigenvalue weighted by atomic mass is 16.7. The molecule has 11 nitrogen and oxygen atoms in total. The third kappa shape index (κ3) is 5.51. The van der Waals surface area contributed by atoms with Crippen LogP contribution in [0.2, 0.25) is 0 Å². The fourth-order valence-corrected chi connectivity index (χ4v) is 8.42. The fourth-order valence-electron chi connectivity index (χ4n) is 8.42. The van der Waals surface area contributed by atoms with Gasteiger partial charge in [-0.15, -0.1) is 0 Å². The summed E-state index contributed by atoms with van der Waals surface area (Å²) < 4.78 is 36.0. The molecule has 3 aliphatic carbocycles. The summed E-state index contributed by atoms with van der Waals surface area (Å²) in [6.45, 7) is 12.3. The molecule has 1 aromatic heterocycles. The Balaban J connectivity index is 1.15. The van der Waals surface area contributed by atoms with Crippen LogP contribution in [0.3, 0.4) is 0 Å². The van der Waals surface area contributed by atoms with Gasteiger partial charge in [-0.25, -0.2) is 4.79 Å². The van der Waals surface area contributed by atoms with Crippen molar-refractivity contribution in [2.24, 2.45) is 11.8 Å². The van der Waals surface area contributed by atoms with E-state index >= 15 is 4.79 Å². The number of fused-ring (bicyclic) bond motifs is 4. The lowest BCUT2D eigenvalue weighted by atomic mass is 9.63. The number of carbonyl (C=O) groups excluding carboxylic acids is 3. The molecule has 1 spiro atoms. The molecule has 0 amide bonds. The maximum Gasteiger partial charge on any atom is 0.514 e. The SMILES string of the molecule is C=CCOc1c2c(c(OC(=O)OC(C)(C)C)c3cc(CN4CCC4)ccc13)C(=O)C1=C3O[C@]34C(=O)c3c(OCc5ccccc5)noc3C[C@@H]4CC1C2. The Morgan fingerprint density at radius 3 is 2.57 bits per heavy atom. The lowest BCUT2D eigenvalue weighted by Crippen LogP contribution is -2.44. The van der Waals surface area contributed by atoms with Gasteiger partial charge in [0.25, 0.3) is 5.88 Å². The molecule has 0 N–H and O–H groups in total. The molecular formula is C42H40N2O9. The van der Waals surface area contributed by atoms with Crippen LogP contribution in [0.4, 0.5) is 4.79 Å². The molecule has 53 heavy (non-hydrogen) atoms. The van der Waals surface area contributed by atoms with Crippen molar-refractivity contribution in [2.45, 2.75) is 70.8 Å². The van der Waals surface area contributed by atoms with Crippen LogP contribution < -0.4 is 14.2 Å². The van der Waals surface area contributed by atoms with Crippen molar-refractivity contribution in [1.29, 1.82) is 0 Å². The average molecular weight is 717 g/mol. The second kappa shape index (κ2) is 12.3. The molecule has 11 heteroatoms. The van der Waals surface area contributed by atoms with Gasteiger partial charge < -0.3 is 28.2 Å². The van der Waals surface area contributed by atoms with Gasteiger partial charge >= 0.3 is 6.16 Å². The minimum absolute atomic E-state index is 0.113. The predicted octanol–water partition coefficient (Wildman–Crippen LogP) is 7.33. The van der Waals surface area contributed by atoms with Crippen LogP contribution in [0, 0.1) is 11.8 Å². The molecule has 0 bridgehead atoms. The number of nitrogens with zero attached hydrogens (tertiary/aromatic N) is 2. The lowest BCUT2D eigenvalue weighted by Gasteiger charge is -2.36. The molecule has 3 heterocycles. The first-order chi connectivity index (χ1) is 25.6. The molecule has 2 fully saturated rings. The Labute approximate surface area is 306 Å². The van der Waals surface area contributed by atoms with Gasteiger partial charge in [0, 0.05) is 40.8 Å². The van der Waals surface area contributed by atoms with E-state index in [1.807, 2.05) is 42.5 Å². The second-order valence-electron chi connectivity index (χ2n) is 15.5. The van der Waals surface area contributed by atoms with E-state index in [2.05, 4.69) is 22.7 Å². The number of ketones is 2. The molecule has 2 saturated heterocycles. The maximum absolute atomic E-state index is 15.0. The van der Waals surface area contributed by atoms with E-state index in [1.54, 1.807) is 26.8 Å². The van der Waals surface area contributed by atoms with Gasteiger partial charge in [-0.05, 0) is 81.4 Å². The summed E-state index contributed by atoms with van der Waals surface area (Å²) in [6, 6.07) is 15.6. The Kier molecular flexibility index (Phi) is 7.78. The van der Waals surface area contributed by atoms with Crippen LogP contribution >= 0.6 is 0 Å². The van der Waals surface area contributed by atoms with Gasteiger partial charge in [0.1, 0.15) is 30.1 Å². The van der Waals surface area contributed by atoms with Crippen LogP contribution in [0.5, 0.6) is 17.4 Å². The molecule has 1 unspecified atom stereocenters. The maximum atomic E-state index is 15.0. The van der Waals surface area contributed by atoms with E-state index in [0.29, 0.717) is 53.1 Å². The Morgan fingerprint density at radius 2 is 1.83 bits per heavy atom. The zero-order valence-corrected chi connectivity index (χ0v) is 30.0. The monoisotopic (exact) mass is 716 g/mol. The molecule has 5 aliphatic rings. The number of likely N-dealkylation sites (tertiary alicyclic amines) is 1. The molecule has 4 aromatic rings. The Morgan fingerprint density at radius 1 is 1.02 bits per heavy atom. The summed E-state index contributed by atoms with van der Waals surface area (Å²) in [6.07, 6.45) is 3.19. The van der Waals surface area contributed by atoms with Gasteiger partial charge in [0.15, 0.2) is 23.1 Å². The summed E-state index contributed by atoms with van der Waals surface area (Å²) in [5, 5.41) is 5.41. The van der Waals surface area contributed by atoms with E-state index in [-0.39, 0.29) is 59.4 Å². The van der Waals surface area contributed by atoms with Crippen molar-refractivity contribution in [3.8, 4) is 17.4 Å². The Bertz CT molecular complexity index is 2240. The first-order valence-electron chi connectivity index (χ1n) is 18.2. The molecule has 0 saturated carbocycles. The molecule has 2 aliphatic heterocycles. The number of benzene rings is 3. The van der Waals surface area contributed by atoms with Crippen molar-refractivity contribution in [1.82, 2.24) is 10.1 Å². The predicted molar refractivity (Wildman–Crippen MR) is 192 cm³/mol. The standard InChI is InChI=1S/C42H40N2O9/c1-5-16-48-35-27-13-12-24(21-44-14-9-15-44)17-28(27)36(50-40(47)52-41(2,3)4)32-29(35)19-25-18-26-20-30-33(37(46)42(26)38(51-42)31(25)34(32)45)39(43-53-30)49-22-23-10-7-6-8-11-23/h5-8,10-13,17,25-26H,1,9,14-16,18-22H2,2-4H3/t25?,26-,42+/m0/s1. The van der Waals surface area contributed by atoms with Crippen LogP contribution in [0.25, 0.3) is 10.8 Å². The summed E-state index contributed by atoms with van der Waals surface area (Å²) in [4.78, 5) is 45.2. The number of carbonyl (C=O) groups is 3. The fraction of sp³-hybridized carbons (Fsp3) is 0.381. The molecule has 272 valence electrons. The smallest absolute Gasteiger partial charge is 0.489 e. The van der Waals surface area contributed by atoms with Crippen LogP contribution in [-0.2, 0) is 35.5 Å². The summed E-state index contributed by atoms with van der Waals surface area (Å²) in [5.41, 5.74) is 1.32. The van der Waals surface area contributed by atoms with Crippen molar-refractivity contribution in [3.05, 3.63) is 106 Å². The van der Waals surface area contributed by atoms with Crippen molar-refractivity contribution in [2.75, 3.05) is 19.7 Å². The quantitative estimate of drug-likeness (QED) is 0.0747. The highest BCUT2D eigenvalue weighted by molar-refractivity contribution is 6.20. The highest BCUT2D eigenvalue weighted by Gasteiger charge is 2.72. The lowest BCUT2D eigenvalue weighted by molar-refractivity contribution is 0.0207. The van der Waals surface area contributed by atoms with Gasteiger partial charge in [0.2, 0.25) is 11.4 Å². The molecule has 3 atom stereocenters. The largest absolute Gasteiger partial charge is 0.514 e. The first kappa shape index (κ1) is 33.4. The minimum Gasteiger partial charge on any atom is -0.489 e. The van der Waals surface area contributed by atoms with Gasteiger partial charge in [-0.1, -0.05) is 55.1 Å². The normalized spacial score (nSPS) is 22.7. The number of hydrogen-bond acceptors (Lipinski definition) is 11. The van der Waals surface area contributed by atoms with E-state index in [9.17, 15) is 9.59 Å². The third-order valence-electron chi connectivity index (χ3n) is 10.9. The zero-order chi connectivity index (χ0) is 36.6. The topological polar surface area (TPSA) is 130 Å². The van der Waals surface area contributed by atoms with E-state index in [1.165, 1.54) is 0 Å². The molecule has 3 aromatic carbocycles. The van der Waals surface area contributed by atoms with E-state index in [0.717, 1.165) is 42.6 Å². The van der Waals surface area contributed by atoms with E-state index < -0.39 is 17.4 Å². The van der Waals surface area contributed by atoms with Gasteiger partial charge in [0.05, 0.1) is 5.56 Å². The van der Waals surface area contributed by atoms with Crippen LogP contribution in [0.15, 0.2) is 77.0 Å². The zero-order valence-electron chi connectivity index (χ0n) is 30.0. The van der Waals surface area contributed by atoms with Gasteiger partial charge in [-0.3, -0.25) is 14.5 Å². The van der Waals surface area contributed by atoms with E-state index in [4.69, 9.17) is 28.2 Å². The second-order valence-corrected chi connectivity index (χ2v) is 15.5. The number of hydrogen-bond donors (Lipinski definition) is 0. The molecular weight excluding hydrogens is 676 g/mol. The van der Waals surface area contributed by atoms with Crippen molar-refractivity contribution in [3.63, 3.8) is 0 Å². The minimum atomic E-state index is -1.31. The van der Waals surface area contributed by atoms with Crippen molar-refractivity contribution >= 4 is 28.5 Å². The Hall–Kier alpha value is -5.42.